The number of nitrogens with one attached hydrogen (secondary N) is 1. The van der Waals surface area contributed by atoms with Crippen molar-refractivity contribution in [1.82, 2.24) is 10.3 Å². The summed E-state index contributed by atoms with van der Waals surface area (Å²) >= 11 is 0. The molecule has 2 unspecified atom stereocenters. The van der Waals surface area contributed by atoms with Crippen LogP contribution in [-0.2, 0) is 4.74 Å². The van der Waals surface area contributed by atoms with Crippen LogP contribution < -0.4 is 10.2 Å². The molecule has 21 heavy (non-hydrogen) atoms. The molecule has 4 nitrogen and oxygen atoms in total. The molecular formula is C17H29N3O. The Bertz CT molecular complexity index is 417. The van der Waals surface area contributed by atoms with Crippen LogP contribution in [0, 0.1) is 5.92 Å². The van der Waals surface area contributed by atoms with Crippen molar-refractivity contribution in [3.8, 4) is 0 Å². The summed E-state index contributed by atoms with van der Waals surface area (Å²) in [5.41, 5.74) is 2.31. The fourth-order valence-electron chi connectivity index (χ4n) is 2.82. The Balaban J connectivity index is 2.08. The predicted octanol–water partition coefficient (Wildman–Crippen LogP) is 3.00. The molecule has 0 amide bonds. The zero-order valence-electron chi connectivity index (χ0n) is 13.8. The molecule has 1 saturated carbocycles. The monoisotopic (exact) mass is 291 g/mol. The Kier molecular flexibility index (Phi) is 6.00. The van der Waals surface area contributed by atoms with Gasteiger partial charge in [-0.1, -0.05) is 6.92 Å². The average Bonchev–Trinajstić information content (AvgIpc) is 3.33. The van der Waals surface area contributed by atoms with E-state index >= 15 is 0 Å². The van der Waals surface area contributed by atoms with Crippen molar-refractivity contribution in [1.29, 1.82) is 0 Å². The second-order valence-corrected chi connectivity index (χ2v) is 5.98. The van der Waals surface area contributed by atoms with Crippen LogP contribution in [0.2, 0.25) is 0 Å². The first-order valence-electron chi connectivity index (χ1n) is 8.12. The summed E-state index contributed by atoms with van der Waals surface area (Å²) in [5, 5.41) is 3.40. The largest absolute Gasteiger partial charge is 0.383 e. The van der Waals surface area contributed by atoms with E-state index in [1.54, 1.807) is 7.11 Å². The summed E-state index contributed by atoms with van der Waals surface area (Å²) in [4.78, 5) is 7.08. The minimum atomic E-state index is 0.303. The maximum Gasteiger partial charge on any atom is 0.0637 e. The maximum atomic E-state index is 5.27. The van der Waals surface area contributed by atoms with Crippen LogP contribution in [0.3, 0.4) is 0 Å². The summed E-state index contributed by atoms with van der Waals surface area (Å²) in [6.45, 7) is 9.24. The van der Waals surface area contributed by atoms with Gasteiger partial charge in [0.25, 0.3) is 0 Å². The lowest BCUT2D eigenvalue weighted by atomic mass is 10.1. The second-order valence-electron chi connectivity index (χ2n) is 5.98. The Hall–Kier alpha value is -1.13. The number of hydrogen-bond donors (Lipinski definition) is 1. The molecule has 0 saturated heterocycles. The van der Waals surface area contributed by atoms with E-state index in [1.807, 2.05) is 6.20 Å². The van der Waals surface area contributed by atoms with Gasteiger partial charge < -0.3 is 15.0 Å². The molecule has 1 aliphatic rings. The van der Waals surface area contributed by atoms with Gasteiger partial charge in [0.05, 0.1) is 24.2 Å². The van der Waals surface area contributed by atoms with Crippen LogP contribution in [0.5, 0.6) is 0 Å². The van der Waals surface area contributed by atoms with E-state index in [4.69, 9.17) is 4.74 Å². The van der Waals surface area contributed by atoms with Crippen molar-refractivity contribution in [2.75, 3.05) is 31.7 Å². The molecule has 0 aromatic carbocycles. The second kappa shape index (κ2) is 7.76. The van der Waals surface area contributed by atoms with Crippen LogP contribution in [-0.4, -0.2) is 37.8 Å². The van der Waals surface area contributed by atoms with E-state index in [0.717, 1.165) is 31.3 Å². The molecule has 1 N–H and O–H groups in total. The molecule has 2 atom stereocenters. The number of nitrogens with zero attached hydrogens (tertiary/aromatic N) is 2. The summed E-state index contributed by atoms with van der Waals surface area (Å²) in [5.74, 6) is 0.835. The maximum absolute atomic E-state index is 5.27. The standard InChI is InChI=1S/C17H29N3O/c1-5-18-13(2)17-9-8-16(12-19-17)20(10-11-21-4)14(3)15-6-7-15/h8-9,12-15,18H,5-7,10-11H2,1-4H3. The van der Waals surface area contributed by atoms with Crippen molar-refractivity contribution in [2.24, 2.45) is 5.92 Å². The number of hydrogen-bond acceptors (Lipinski definition) is 4. The number of ether oxygens (including phenoxy) is 1. The van der Waals surface area contributed by atoms with E-state index < -0.39 is 0 Å². The minimum Gasteiger partial charge on any atom is -0.383 e. The number of methoxy groups -OCH3 is 1. The summed E-state index contributed by atoms with van der Waals surface area (Å²) < 4.78 is 5.27. The Morgan fingerprint density at radius 1 is 1.38 bits per heavy atom. The zero-order chi connectivity index (χ0) is 15.2. The van der Waals surface area contributed by atoms with E-state index in [-0.39, 0.29) is 0 Å². The molecule has 0 bridgehead atoms. The molecule has 0 spiro atoms. The normalized spacial score (nSPS) is 17.5. The third kappa shape index (κ3) is 4.42. The van der Waals surface area contributed by atoms with Crippen molar-refractivity contribution < 1.29 is 4.74 Å². The van der Waals surface area contributed by atoms with Gasteiger partial charge in [0.2, 0.25) is 0 Å². The highest BCUT2D eigenvalue weighted by atomic mass is 16.5. The Labute approximate surface area is 128 Å². The van der Waals surface area contributed by atoms with Crippen LogP contribution in [0.25, 0.3) is 0 Å². The minimum absolute atomic E-state index is 0.303. The first kappa shape index (κ1) is 16.2. The van der Waals surface area contributed by atoms with E-state index in [9.17, 15) is 0 Å². The van der Waals surface area contributed by atoms with Gasteiger partial charge in [-0.2, -0.15) is 0 Å². The summed E-state index contributed by atoms with van der Waals surface area (Å²) in [6, 6.07) is 5.21. The highest BCUT2D eigenvalue weighted by Crippen LogP contribution is 2.36. The summed E-state index contributed by atoms with van der Waals surface area (Å²) in [6.07, 6.45) is 4.72. The first-order valence-corrected chi connectivity index (χ1v) is 8.12. The summed E-state index contributed by atoms with van der Waals surface area (Å²) in [7, 11) is 1.76. The van der Waals surface area contributed by atoms with Crippen molar-refractivity contribution in [3.05, 3.63) is 24.0 Å². The van der Waals surface area contributed by atoms with Crippen molar-refractivity contribution >= 4 is 5.69 Å². The van der Waals surface area contributed by atoms with Gasteiger partial charge in [-0.05, 0) is 51.3 Å². The third-order valence-corrected chi connectivity index (χ3v) is 4.39. The highest BCUT2D eigenvalue weighted by molar-refractivity contribution is 5.46. The lowest BCUT2D eigenvalue weighted by Gasteiger charge is -2.31. The quantitative estimate of drug-likeness (QED) is 0.759. The fourth-order valence-corrected chi connectivity index (χ4v) is 2.82. The number of anilines is 1. The van der Waals surface area contributed by atoms with E-state index in [2.05, 4.69) is 48.1 Å². The third-order valence-electron chi connectivity index (χ3n) is 4.39. The molecule has 1 heterocycles. The molecular weight excluding hydrogens is 262 g/mol. The van der Waals surface area contributed by atoms with Gasteiger partial charge in [0.15, 0.2) is 0 Å². The molecule has 4 heteroatoms. The molecule has 1 fully saturated rings. The topological polar surface area (TPSA) is 37.4 Å². The molecule has 0 radical (unpaired) electrons. The van der Waals surface area contributed by atoms with Gasteiger partial charge in [-0.3, -0.25) is 4.98 Å². The smallest absolute Gasteiger partial charge is 0.0637 e. The average molecular weight is 291 g/mol. The van der Waals surface area contributed by atoms with Crippen LogP contribution in [0.4, 0.5) is 5.69 Å². The number of rotatable bonds is 9. The number of pyridine rings is 1. The lowest BCUT2D eigenvalue weighted by molar-refractivity contribution is 0.202. The first-order chi connectivity index (χ1) is 10.2. The van der Waals surface area contributed by atoms with Gasteiger partial charge in [-0.25, -0.2) is 0 Å². The van der Waals surface area contributed by atoms with Crippen LogP contribution >= 0.6 is 0 Å². The Morgan fingerprint density at radius 3 is 2.67 bits per heavy atom. The molecule has 2 rings (SSSR count). The predicted molar refractivity (Wildman–Crippen MR) is 87.7 cm³/mol. The van der Waals surface area contributed by atoms with Crippen molar-refractivity contribution in [2.45, 2.75) is 45.7 Å². The van der Waals surface area contributed by atoms with E-state index in [1.165, 1.54) is 18.5 Å². The van der Waals surface area contributed by atoms with Crippen LogP contribution in [0.1, 0.15) is 45.3 Å². The Morgan fingerprint density at radius 2 is 2.14 bits per heavy atom. The molecule has 1 aromatic heterocycles. The SMILES string of the molecule is CCNC(C)c1ccc(N(CCOC)C(C)C2CC2)cn1. The van der Waals surface area contributed by atoms with Crippen molar-refractivity contribution in [3.63, 3.8) is 0 Å². The van der Waals surface area contributed by atoms with Gasteiger partial charge in [0.1, 0.15) is 0 Å². The molecule has 118 valence electrons. The lowest BCUT2D eigenvalue weighted by Crippen LogP contribution is -2.37. The van der Waals surface area contributed by atoms with Crippen LogP contribution in [0.15, 0.2) is 18.3 Å². The zero-order valence-corrected chi connectivity index (χ0v) is 13.8. The number of aromatic nitrogens is 1. The fraction of sp³-hybridized carbons (Fsp3) is 0.706. The molecule has 0 aliphatic heterocycles. The molecule has 1 aliphatic carbocycles. The van der Waals surface area contributed by atoms with Gasteiger partial charge >= 0.3 is 0 Å². The molecule has 1 aromatic rings. The van der Waals surface area contributed by atoms with E-state index in [0.29, 0.717) is 12.1 Å². The van der Waals surface area contributed by atoms with Gasteiger partial charge in [-0.15, -0.1) is 0 Å². The van der Waals surface area contributed by atoms with Gasteiger partial charge in [0, 0.05) is 25.7 Å². The highest BCUT2D eigenvalue weighted by Gasteiger charge is 2.32.